The number of nitrogens with one attached hydrogen (secondary N) is 1. The number of benzene rings is 1. The predicted octanol–water partition coefficient (Wildman–Crippen LogP) is 2.73. The lowest BCUT2D eigenvalue weighted by Crippen LogP contribution is -2.24. The van der Waals surface area contributed by atoms with Gasteiger partial charge in [-0.3, -0.25) is 4.79 Å². The van der Waals surface area contributed by atoms with Gasteiger partial charge in [0.15, 0.2) is 9.84 Å². The second-order valence-electron chi connectivity index (χ2n) is 4.78. The van der Waals surface area contributed by atoms with Gasteiger partial charge >= 0.3 is 6.18 Å². The zero-order chi connectivity index (χ0) is 15.8. The highest BCUT2D eigenvalue weighted by molar-refractivity contribution is 7.91. The molecule has 2 rings (SSSR count). The zero-order valence-corrected chi connectivity index (χ0v) is 12.1. The highest BCUT2D eigenvalue weighted by Crippen LogP contribution is 2.36. The van der Waals surface area contributed by atoms with Crippen LogP contribution in [-0.2, 0) is 20.8 Å². The molecule has 1 atom stereocenters. The number of rotatable bonds is 2. The second-order valence-corrected chi connectivity index (χ2v) is 7.42. The van der Waals surface area contributed by atoms with Crippen molar-refractivity contribution >= 4 is 33.0 Å². The van der Waals surface area contributed by atoms with E-state index in [0.717, 1.165) is 12.1 Å². The Balaban J connectivity index is 2.15. The topological polar surface area (TPSA) is 63.2 Å². The van der Waals surface area contributed by atoms with E-state index < -0.39 is 38.4 Å². The molecule has 9 heteroatoms. The predicted molar refractivity (Wildman–Crippen MR) is 71.8 cm³/mol. The smallest absolute Gasteiger partial charge is 0.326 e. The molecule has 1 heterocycles. The Morgan fingerprint density at radius 2 is 2.00 bits per heavy atom. The number of carbonyl (C=O) groups excluding carboxylic acids is 1. The van der Waals surface area contributed by atoms with Gasteiger partial charge in [-0.1, -0.05) is 11.6 Å². The van der Waals surface area contributed by atoms with Crippen LogP contribution in [0.3, 0.4) is 0 Å². The summed E-state index contributed by atoms with van der Waals surface area (Å²) in [5.74, 6) is -1.70. The molecule has 0 radical (unpaired) electrons. The number of amides is 1. The SMILES string of the molecule is O=C(Nc1ccc(Cl)c(C(F)(F)F)c1)C1CCS(=O)(=O)C1. The number of sulfone groups is 1. The van der Waals surface area contributed by atoms with Crippen LogP contribution in [0.5, 0.6) is 0 Å². The molecule has 1 amide bonds. The Bertz CT molecular complexity index is 673. The normalized spacial score (nSPS) is 21.2. The molecule has 1 aromatic carbocycles. The van der Waals surface area contributed by atoms with Crippen molar-refractivity contribution in [3.63, 3.8) is 0 Å². The molecule has 21 heavy (non-hydrogen) atoms. The first-order chi connectivity index (χ1) is 9.58. The zero-order valence-electron chi connectivity index (χ0n) is 10.6. The largest absolute Gasteiger partial charge is 0.417 e. The van der Waals surface area contributed by atoms with Crippen molar-refractivity contribution in [1.82, 2.24) is 0 Å². The van der Waals surface area contributed by atoms with E-state index in [1.54, 1.807) is 0 Å². The standard InChI is InChI=1S/C12H11ClF3NO3S/c13-10-2-1-8(5-9(10)12(14,15)16)17-11(18)7-3-4-21(19,20)6-7/h1-2,5,7H,3-4,6H2,(H,17,18). The van der Waals surface area contributed by atoms with Crippen molar-refractivity contribution in [2.45, 2.75) is 12.6 Å². The average Bonchev–Trinajstić information content (AvgIpc) is 2.71. The lowest BCUT2D eigenvalue weighted by atomic mass is 10.1. The summed E-state index contributed by atoms with van der Waals surface area (Å²) in [6, 6.07) is 2.99. The molecule has 0 aromatic heterocycles. The number of carbonyl (C=O) groups is 1. The van der Waals surface area contributed by atoms with Gasteiger partial charge in [-0.15, -0.1) is 0 Å². The first kappa shape index (κ1) is 16.1. The van der Waals surface area contributed by atoms with E-state index in [2.05, 4.69) is 5.32 Å². The highest BCUT2D eigenvalue weighted by Gasteiger charge is 2.35. The number of alkyl halides is 3. The van der Waals surface area contributed by atoms with E-state index >= 15 is 0 Å². The third-order valence-corrected chi connectivity index (χ3v) is 5.24. The van der Waals surface area contributed by atoms with Crippen molar-refractivity contribution in [2.75, 3.05) is 16.8 Å². The molecule has 1 fully saturated rings. The van der Waals surface area contributed by atoms with Gasteiger partial charge in [0, 0.05) is 5.69 Å². The minimum Gasteiger partial charge on any atom is -0.326 e. The van der Waals surface area contributed by atoms with Crippen LogP contribution in [0.25, 0.3) is 0 Å². The fraction of sp³-hybridized carbons (Fsp3) is 0.417. The van der Waals surface area contributed by atoms with Gasteiger partial charge in [-0.05, 0) is 24.6 Å². The lowest BCUT2D eigenvalue weighted by molar-refractivity contribution is -0.137. The summed E-state index contributed by atoms with van der Waals surface area (Å²) in [5, 5.41) is 1.83. The number of anilines is 1. The number of hydrogen-bond acceptors (Lipinski definition) is 3. The molecule has 1 unspecified atom stereocenters. The van der Waals surface area contributed by atoms with Crippen LogP contribution in [-0.4, -0.2) is 25.8 Å². The first-order valence-electron chi connectivity index (χ1n) is 5.96. The molecule has 0 spiro atoms. The van der Waals surface area contributed by atoms with Crippen LogP contribution in [0.4, 0.5) is 18.9 Å². The molecular formula is C12H11ClF3NO3S. The Labute approximate surface area is 124 Å². The Morgan fingerprint density at radius 3 is 2.52 bits per heavy atom. The minimum absolute atomic E-state index is 0.0685. The first-order valence-corrected chi connectivity index (χ1v) is 8.16. The van der Waals surface area contributed by atoms with Gasteiger partial charge < -0.3 is 5.32 Å². The summed E-state index contributed by atoms with van der Waals surface area (Å²) in [6.45, 7) is 0. The van der Waals surface area contributed by atoms with E-state index in [0.29, 0.717) is 0 Å². The van der Waals surface area contributed by atoms with Crippen LogP contribution in [0.15, 0.2) is 18.2 Å². The Hall–Kier alpha value is -1.28. The van der Waals surface area contributed by atoms with Crippen molar-refractivity contribution < 1.29 is 26.4 Å². The summed E-state index contributed by atoms with van der Waals surface area (Å²) < 4.78 is 60.6. The van der Waals surface area contributed by atoms with Crippen molar-refractivity contribution in [1.29, 1.82) is 0 Å². The monoisotopic (exact) mass is 341 g/mol. The van der Waals surface area contributed by atoms with Gasteiger partial charge in [0.25, 0.3) is 0 Å². The van der Waals surface area contributed by atoms with E-state index in [4.69, 9.17) is 11.6 Å². The molecule has 1 N–H and O–H groups in total. The fourth-order valence-electron chi connectivity index (χ4n) is 2.07. The van der Waals surface area contributed by atoms with E-state index in [1.807, 2.05) is 0 Å². The van der Waals surface area contributed by atoms with E-state index in [-0.39, 0.29) is 23.6 Å². The minimum atomic E-state index is -4.63. The van der Waals surface area contributed by atoms with Crippen LogP contribution >= 0.6 is 11.6 Å². The molecule has 0 saturated carbocycles. The van der Waals surface area contributed by atoms with Crippen molar-refractivity contribution in [2.24, 2.45) is 5.92 Å². The van der Waals surface area contributed by atoms with E-state index in [9.17, 15) is 26.4 Å². The molecule has 0 aliphatic carbocycles. The summed E-state index contributed by atoms with van der Waals surface area (Å²) in [7, 11) is -3.23. The third-order valence-electron chi connectivity index (χ3n) is 3.14. The maximum absolute atomic E-state index is 12.7. The van der Waals surface area contributed by atoms with Gasteiger partial charge in [0.05, 0.1) is 28.0 Å². The molecule has 4 nitrogen and oxygen atoms in total. The summed E-state index contributed by atoms with van der Waals surface area (Å²) in [5.41, 5.74) is -1.12. The molecule has 116 valence electrons. The summed E-state index contributed by atoms with van der Waals surface area (Å²) in [4.78, 5) is 11.9. The fourth-order valence-corrected chi connectivity index (χ4v) is 4.03. The van der Waals surface area contributed by atoms with Crippen LogP contribution in [0, 0.1) is 5.92 Å². The van der Waals surface area contributed by atoms with Crippen LogP contribution < -0.4 is 5.32 Å². The molecular weight excluding hydrogens is 331 g/mol. The van der Waals surface area contributed by atoms with Gasteiger partial charge in [0.2, 0.25) is 5.91 Å². The highest BCUT2D eigenvalue weighted by atomic mass is 35.5. The summed E-state index contributed by atoms with van der Waals surface area (Å²) in [6.07, 6.45) is -4.46. The Morgan fingerprint density at radius 1 is 1.33 bits per heavy atom. The van der Waals surface area contributed by atoms with Gasteiger partial charge in [0.1, 0.15) is 0 Å². The molecule has 1 aliphatic heterocycles. The van der Waals surface area contributed by atoms with E-state index in [1.165, 1.54) is 6.07 Å². The van der Waals surface area contributed by atoms with Crippen LogP contribution in [0.2, 0.25) is 5.02 Å². The maximum Gasteiger partial charge on any atom is 0.417 e. The third kappa shape index (κ3) is 3.88. The molecule has 0 bridgehead atoms. The Kier molecular flexibility index (Phi) is 4.21. The van der Waals surface area contributed by atoms with Crippen molar-refractivity contribution in [3.05, 3.63) is 28.8 Å². The lowest BCUT2D eigenvalue weighted by Gasteiger charge is -2.13. The van der Waals surface area contributed by atoms with Crippen LogP contribution in [0.1, 0.15) is 12.0 Å². The molecule has 1 aromatic rings. The molecule has 1 saturated heterocycles. The number of hydrogen-bond donors (Lipinski definition) is 1. The maximum atomic E-state index is 12.7. The second kappa shape index (κ2) is 5.49. The van der Waals surface area contributed by atoms with Gasteiger partial charge in [-0.2, -0.15) is 13.2 Å². The molecule has 1 aliphatic rings. The average molecular weight is 342 g/mol. The summed E-state index contributed by atoms with van der Waals surface area (Å²) >= 11 is 5.47. The van der Waals surface area contributed by atoms with Crippen molar-refractivity contribution in [3.8, 4) is 0 Å². The number of halogens is 4. The van der Waals surface area contributed by atoms with Gasteiger partial charge in [-0.25, -0.2) is 8.42 Å². The quantitative estimate of drug-likeness (QED) is 0.899.